The lowest BCUT2D eigenvalue weighted by Crippen LogP contribution is -2.37. The summed E-state index contributed by atoms with van der Waals surface area (Å²) in [4.78, 5) is 24.0. The third kappa shape index (κ3) is 6.32. The van der Waals surface area contributed by atoms with Crippen LogP contribution in [0.5, 0.6) is 0 Å². The second kappa shape index (κ2) is 11.7. The summed E-state index contributed by atoms with van der Waals surface area (Å²) in [6.45, 7) is 16.3. The minimum absolute atomic E-state index is 0.0599. The maximum atomic E-state index is 12.5. The van der Waals surface area contributed by atoms with Crippen molar-refractivity contribution >= 4 is 11.9 Å². The first-order chi connectivity index (χ1) is 17.6. The summed E-state index contributed by atoms with van der Waals surface area (Å²) in [5.41, 5.74) is 4.36. The Morgan fingerprint density at radius 1 is 1.05 bits per heavy atom. The number of amides is 1. The zero-order valence-corrected chi connectivity index (χ0v) is 23.9. The number of hydrogen-bond donors (Lipinski definition) is 1. The van der Waals surface area contributed by atoms with Gasteiger partial charge in [-0.2, -0.15) is 0 Å². The van der Waals surface area contributed by atoms with Gasteiger partial charge in [-0.25, -0.2) is 4.79 Å². The minimum atomic E-state index is -0.478. The van der Waals surface area contributed by atoms with Gasteiger partial charge in [0.1, 0.15) is 12.1 Å². The molecule has 37 heavy (non-hydrogen) atoms. The van der Waals surface area contributed by atoms with Gasteiger partial charge in [0.05, 0.1) is 0 Å². The average Bonchev–Trinajstić information content (AvgIpc) is 3.45. The van der Waals surface area contributed by atoms with Crippen molar-refractivity contribution in [3.63, 3.8) is 0 Å². The van der Waals surface area contributed by atoms with Gasteiger partial charge >= 0.3 is 5.97 Å². The van der Waals surface area contributed by atoms with Crippen molar-refractivity contribution in [2.75, 3.05) is 0 Å². The van der Waals surface area contributed by atoms with Crippen LogP contribution in [-0.4, -0.2) is 24.0 Å². The SMILES string of the molecule is C=C1CC[C@@H](OC(=O)[C@@H]2CCC(=O)N2)C/C1=C/C=C1\CCC[C@@]2(C)C1CC[C@@H]2[C@H](C)/C=C/[C@H](C)C(C)C. The summed E-state index contributed by atoms with van der Waals surface area (Å²) in [5, 5.41) is 2.73. The Hall–Kier alpha value is -2.10. The number of allylic oxidation sites excluding steroid dienone is 6. The molecule has 4 rings (SSSR count). The van der Waals surface area contributed by atoms with Crippen molar-refractivity contribution in [1.82, 2.24) is 5.32 Å². The van der Waals surface area contributed by atoms with Gasteiger partial charge in [0, 0.05) is 12.8 Å². The van der Waals surface area contributed by atoms with Gasteiger partial charge < -0.3 is 10.1 Å². The molecule has 4 aliphatic rings. The highest BCUT2D eigenvalue weighted by molar-refractivity contribution is 5.88. The fourth-order valence-corrected chi connectivity index (χ4v) is 7.37. The Bertz CT molecular complexity index is 972. The van der Waals surface area contributed by atoms with Crippen LogP contribution in [0.2, 0.25) is 0 Å². The highest BCUT2D eigenvalue weighted by Crippen LogP contribution is 2.59. The van der Waals surface area contributed by atoms with Crippen LogP contribution < -0.4 is 5.32 Å². The zero-order valence-electron chi connectivity index (χ0n) is 23.9. The van der Waals surface area contributed by atoms with E-state index in [-0.39, 0.29) is 18.0 Å². The quantitative estimate of drug-likeness (QED) is 0.287. The molecule has 0 bridgehead atoms. The van der Waals surface area contributed by atoms with Crippen LogP contribution in [0.4, 0.5) is 0 Å². The van der Waals surface area contributed by atoms with Crippen LogP contribution >= 0.6 is 0 Å². The number of carbonyl (C=O) groups is 2. The van der Waals surface area contributed by atoms with Gasteiger partial charge in [-0.3, -0.25) is 4.79 Å². The Labute approximate surface area is 225 Å². The molecule has 1 aliphatic heterocycles. The third-order valence-electron chi connectivity index (χ3n) is 10.2. The van der Waals surface area contributed by atoms with E-state index in [1.807, 2.05) is 0 Å². The number of nitrogens with one attached hydrogen (secondary N) is 1. The van der Waals surface area contributed by atoms with Crippen molar-refractivity contribution < 1.29 is 14.3 Å². The van der Waals surface area contributed by atoms with Gasteiger partial charge in [-0.1, -0.05) is 76.6 Å². The highest BCUT2D eigenvalue weighted by Gasteiger charge is 2.50. The fraction of sp³-hybridized carbons (Fsp3) is 0.697. The summed E-state index contributed by atoms with van der Waals surface area (Å²) in [6, 6.07) is -0.478. The molecular formula is C33H49NO3. The lowest BCUT2D eigenvalue weighted by atomic mass is 9.61. The van der Waals surface area contributed by atoms with Crippen molar-refractivity contribution in [3.8, 4) is 0 Å². The molecule has 0 aromatic heterocycles. The van der Waals surface area contributed by atoms with E-state index >= 15 is 0 Å². The molecule has 0 spiro atoms. The molecule has 1 heterocycles. The summed E-state index contributed by atoms with van der Waals surface area (Å²) in [6.07, 6.45) is 19.2. The lowest BCUT2D eigenvalue weighted by Gasteiger charge is -2.44. The first-order valence-electron chi connectivity index (χ1n) is 14.8. The van der Waals surface area contributed by atoms with E-state index in [9.17, 15) is 9.59 Å². The van der Waals surface area contributed by atoms with E-state index in [1.54, 1.807) is 5.57 Å². The number of carbonyl (C=O) groups excluding carboxylic acids is 2. The van der Waals surface area contributed by atoms with Crippen molar-refractivity contribution in [2.24, 2.45) is 35.0 Å². The molecule has 0 aromatic rings. The molecule has 1 amide bonds. The molecule has 7 atom stereocenters. The maximum Gasteiger partial charge on any atom is 0.328 e. The Morgan fingerprint density at radius 3 is 2.54 bits per heavy atom. The summed E-state index contributed by atoms with van der Waals surface area (Å²) < 4.78 is 5.81. The Kier molecular flexibility index (Phi) is 8.86. The number of ether oxygens (including phenoxy) is 1. The van der Waals surface area contributed by atoms with Crippen LogP contribution in [0.15, 0.2) is 47.6 Å². The van der Waals surface area contributed by atoms with E-state index in [4.69, 9.17) is 4.74 Å². The molecule has 1 unspecified atom stereocenters. The minimum Gasteiger partial charge on any atom is -0.460 e. The van der Waals surface area contributed by atoms with E-state index in [0.717, 1.165) is 25.2 Å². The standard InChI is InChI=1S/C33H49NO3/c1-21(2)22(3)9-10-24(5)28-15-16-29-25(8-7-19-33(28,29)6)12-13-26-20-27(14-11-23(26)4)37-32(36)30-17-18-31(35)34-30/h9-10,12-13,21-22,24,27-30H,4,7-8,11,14-20H2,1-3,5-6H3,(H,34,35)/b10-9+,25-12+,26-13-/t22-,24+,27+,28+,29?,30-,33+/m0/s1. The van der Waals surface area contributed by atoms with E-state index in [1.165, 1.54) is 43.3 Å². The molecule has 1 saturated heterocycles. The molecular weight excluding hydrogens is 458 g/mol. The second-order valence-corrected chi connectivity index (χ2v) is 12.9. The molecule has 204 valence electrons. The number of hydrogen-bond acceptors (Lipinski definition) is 3. The smallest absolute Gasteiger partial charge is 0.328 e. The van der Waals surface area contributed by atoms with Gasteiger partial charge in [0.2, 0.25) is 5.91 Å². The number of esters is 1. The van der Waals surface area contributed by atoms with Crippen LogP contribution in [0.25, 0.3) is 0 Å². The molecule has 3 aliphatic carbocycles. The van der Waals surface area contributed by atoms with Crippen molar-refractivity contribution in [2.45, 2.75) is 111 Å². The van der Waals surface area contributed by atoms with Crippen molar-refractivity contribution in [3.05, 3.63) is 47.6 Å². The molecule has 4 heteroatoms. The van der Waals surface area contributed by atoms with Crippen LogP contribution in [0, 0.1) is 35.0 Å². The molecule has 4 nitrogen and oxygen atoms in total. The Morgan fingerprint density at radius 2 is 1.84 bits per heavy atom. The Balaban J connectivity index is 1.42. The monoisotopic (exact) mass is 507 g/mol. The van der Waals surface area contributed by atoms with E-state index in [2.05, 4.69) is 70.8 Å². The van der Waals surface area contributed by atoms with Crippen LogP contribution in [-0.2, 0) is 14.3 Å². The number of rotatable bonds is 7. The van der Waals surface area contributed by atoms with E-state index < -0.39 is 6.04 Å². The summed E-state index contributed by atoms with van der Waals surface area (Å²) in [5.74, 6) is 3.00. The maximum absolute atomic E-state index is 12.5. The van der Waals surface area contributed by atoms with Gasteiger partial charge in [0.15, 0.2) is 0 Å². The van der Waals surface area contributed by atoms with Gasteiger partial charge in [0.25, 0.3) is 0 Å². The topological polar surface area (TPSA) is 55.4 Å². The third-order valence-corrected chi connectivity index (χ3v) is 10.2. The summed E-state index contributed by atoms with van der Waals surface area (Å²) in [7, 11) is 0. The molecule has 0 aromatic carbocycles. The molecule has 1 N–H and O–H groups in total. The first-order valence-corrected chi connectivity index (χ1v) is 14.8. The zero-order chi connectivity index (χ0) is 26.7. The molecule has 0 radical (unpaired) electrons. The van der Waals surface area contributed by atoms with Crippen molar-refractivity contribution in [1.29, 1.82) is 0 Å². The fourth-order valence-electron chi connectivity index (χ4n) is 7.37. The normalized spacial score (nSPS) is 36.3. The van der Waals surface area contributed by atoms with E-state index in [0.29, 0.717) is 41.9 Å². The highest BCUT2D eigenvalue weighted by atomic mass is 16.5. The molecule has 4 fully saturated rings. The van der Waals surface area contributed by atoms with Gasteiger partial charge in [-0.15, -0.1) is 0 Å². The average molecular weight is 508 g/mol. The second-order valence-electron chi connectivity index (χ2n) is 12.9. The van der Waals surface area contributed by atoms with Gasteiger partial charge in [-0.05, 0) is 91.9 Å². The lowest BCUT2D eigenvalue weighted by molar-refractivity contribution is -0.152. The largest absolute Gasteiger partial charge is 0.460 e. The summed E-state index contributed by atoms with van der Waals surface area (Å²) >= 11 is 0. The first kappa shape index (κ1) is 27.9. The van der Waals surface area contributed by atoms with Crippen LogP contribution in [0.3, 0.4) is 0 Å². The molecule has 3 saturated carbocycles. The predicted octanol–water partition coefficient (Wildman–Crippen LogP) is 7.47. The van der Waals surface area contributed by atoms with Crippen LogP contribution in [0.1, 0.15) is 98.8 Å². The number of fused-ring (bicyclic) bond motifs is 1. The predicted molar refractivity (Wildman–Crippen MR) is 151 cm³/mol.